The molecular weight excluding hydrogens is 146 g/mol. The van der Waals surface area contributed by atoms with Crippen molar-refractivity contribution >= 4 is 0 Å². The van der Waals surface area contributed by atoms with Gasteiger partial charge in [-0.05, 0) is 44.1 Å². The molecule has 1 nitrogen and oxygen atoms in total. The molecule has 0 bridgehead atoms. The van der Waals surface area contributed by atoms with E-state index >= 15 is 0 Å². The maximum atomic E-state index is 3.64. The molecule has 1 rings (SSSR count). The Morgan fingerprint density at radius 2 is 2.08 bits per heavy atom. The maximum Gasteiger partial charge on any atom is 0.00697 e. The fraction of sp³-hybridized carbons (Fsp3) is 1.00. The highest BCUT2D eigenvalue weighted by Gasteiger charge is 2.19. The molecule has 0 spiro atoms. The van der Waals surface area contributed by atoms with Crippen molar-refractivity contribution < 1.29 is 0 Å². The van der Waals surface area contributed by atoms with E-state index in [0.29, 0.717) is 0 Å². The van der Waals surface area contributed by atoms with Crippen LogP contribution in [0.3, 0.4) is 0 Å². The van der Waals surface area contributed by atoms with E-state index in [1.54, 1.807) is 0 Å². The van der Waals surface area contributed by atoms with E-state index in [1.165, 1.54) is 32.2 Å². The Labute approximate surface area is 76.9 Å². The Balaban J connectivity index is 2.00. The van der Waals surface area contributed by atoms with Gasteiger partial charge in [-0.1, -0.05) is 20.8 Å². The molecule has 0 aromatic heterocycles. The van der Waals surface area contributed by atoms with Crippen molar-refractivity contribution in [2.24, 2.45) is 11.8 Å². The molecule has 0 radical (unpaired) electrons. The second kappa shape index (κ2) is 4.86. The average molecular weight is 169 g/mol. The highest BCUT2D eigenvalue weighted by molar-refractivity contribution is 4.77. The number of hydrogen-bond acceptors (Lipinski definition) is 1. The Bertz CT molecular complexity index is 120. The minimum absolute atomic E-state index is 0.832. The summed E-state index contributed by atoms with van der Waals surface area (Å²) < 4.78 is 0. The van der Waals surface area contributed by atoms with Crippen molar-refractivity contribution in [1.29, 1.82) is 0 Å². The summed E-state index contributed by atoms with van der Waals surface area (Å²) in [6.07, 6.45) is 5.56. The van der Waals surface area contributed by atoms with Crippen LogP contribution >= 0.6 is 0 Å². The molecule has 0 aliphatic heterocycles. The molecule has 1 fully saturated rings. The smallest absolute Gasteiger partial charge is 0.00697 e. The van der Waals surface area contributed by atoms with Gasteiger partial charge in [0.1, 0.15) is 0 Å². The molecule has 2 atom stereocenters. The van der Waals surface area contributed by atoms with Gasteiger partial charge in [0.15, 0.2) is 0 Å². The second-order valence-corrected chi connectivity index (χ2v) is 4.75. The highest BCUT2D eigenvalue weighted by Crippen LogP contribution is 2.24. The van der Waals surface area contributed by atoms with Crippen LogP contribution in [0, 0.1) is 11.8 Å². The molecule has 1 aliphatic rings. The fourth-order valence-electron chi connectivity index (χ4n) is 1.97. The van der Waals surface area contributed by atoms with E-state index in [9.17, 15) is 0 Å². The quantitative estimate of drug-likeness (QED) is 0.682. The molecule has 72 valence electrons. The second-order valence-electron chi connectivity index (χ2n) is 4.75. The largest absolute Gasteiger partial charge is 0.314 e. The molecule has 0 aromatic rings. The molecule has 1 heteroatoms. The summed E-state index contributed by atoms with van der Waals surface area (Å²) in [5.74, 6) is 1.80. The molecule has 0 heterocycles. The van der Waals surface area contributed by atoms with E-state index in [1.807, 2.05) is 0 Å². The van der Waals surface area contributed by atoms with Crippen LogP contribution in [0.4, 0.5) is 0 Å². The van der Waals surface area contributed by atoms with Crippen LogP contribution in [0.5, 0.6) is 0 Å². The van der Waals surface area contributed by atoms with Crippen molar-refractivity contribution in [1.82, 2.24) is 5.32 Å². The molecule has 1 saturated carbocycles. The van der Waals surface area contributed by atoms with Crippen molar-refractivity contribution in [2.75, 3.05) is 6.54 Å². The van der Waals surface area contributed by atoms with E-state index in [4.69, 9.17) is 0 Å². The minimum Gasteiger partial charge on any atom is -0.314 e. The third kappa shape index (κ3) is 3.57. The molecule has 1 N–H and O–H groups in total. The Morgan fingerprint density at radius 1 is 1.33 bits per heavy atom. The number of rotatable bonds is 4. The molecule has 12 heavy (non-hydrogen) atoms. The monoisotopic (exact) mass is 169 g/mol. The number of hydrogen-bond donors (Lipinski definition) is 1. The molecule has 1 aliphatic carbocycles. The summed E-state index contributed by atoms with van der Waals surface area (Å²) in [7, 11) is 0. The first kappa shape index (κ1) is 10.0. The SMILES string of the molecule is CC(C)CCNC1CCC(C)C1. The molecule has 0 amide bonds. The molecule has 0 aromatic carbocycles. The standard InChI is InChI=1S/C11H23N/c1-9(2)6-7-12-11-5-4-10(3)8-11/h9-12H,4-8H2,1-3H3. The zero-order valence-corrected chi connectivity index (χ0v) is 8.77. The first-order valence-corrected chi connectivity index (χ1v) is 5.42. The van der Waals surface area contributed by atoms with Crippen molar-refractivity contribution in [3.63, 3.8) is 0 Å². The van der Waals surface area contributed by atoms with Gasteiger partial charge in [0, 0.05) is 6.04 Å². The van der Waals surface area contributed by atoms with E-state index in [2.05, 4.69) is 26.1 Å². The number of nitrogens with one attached hydrogen (secondary N) is 1. The van der Waals surface area contributed by atoms with Crippen LogP contribution in [0.15, 0.2) is 0 Å². The topological polar surface area (TPSA) is 12.0 Å². The zero-order valence-electron chi connectivity index (χ0n) is 8.77. The first-order chi connectivity index (χ1) is 5.68. The summed E-state index contributed by atoms with van der Waals surface area (Å²) in [6.45, 7) is 8.16. The predicted molar refractivity (Wildman–Crippen MR) is 54.3 cm³/mol. The van der Waals surface area contributed by atoms with Crippen molar-refractivity contribution in [3.8, 4) is 0 Å². The first-order valence-electron chi connectivity index (χ1n) is 5.42. The lowest BCUT2D eigenvalue weighted by atomic mass is 10.1. The molecular formula is C11H23N. The van der Waals surface area contributed by atoms with Gasteiger partial charge in [-0.2, -0.15) is 0 Å². The van der Waals surface area contributed by atoms with Crippen molar-refractivity contribution in [3.05, 3.63) is 0 Å². The molecule has 0 saturated heterocycles. The van der Waals surface area contributed by atoms with Crippen LogP contribution in [0.2, 0.25) is 0 Å². The minimum atomic E-state index is 0.832. The summed E-state index contributed by atoms with van der Waals surface area (Å²) in [5.41, 5.74) is 0. The van der Waals surface area contributed by atoms with Gasteiger partial charge in [0.25, 0.3) is 0 Å². The summed E-state index contributed by atoms with van der Waals surface area (Å²) in [5, 5.41) is 3.64. The lowest BCUT2D eigenvalue weighted by Gasteiger charge is -2.13. The van der Waals surface area contributed by atoms with Gasteiger partial charge in [-0.25, -0.2) is 0 Å². The van der Waals surface area contributed by atoms with Crippen LogP contribution < -0.4 is 5.32 Å². The van der Waals surface area contributed by atoms with Gasteiger partial charge in [0.2, 0.25) is 0 Å². The third-order valence-electron chi connectivity index (χ3n) is 2.85. The summed E-state index contributed by atoms with van der Waals surface area (Å²) in [6, 6.07) is 0.832. The summed E-state index contributed by atoms with van der Waals surface area (Å²) >= 11 is 0. The van der Waals surface area contributed by atoms with Crippen molar-refractivity contribution in [2.45, 2.75) is 52.5 Å². The van der Waals surface area contributed by atoms with Gasteiger partial charge in [0.05, 0.1) is 0 Å². The zero-order chi connectivity index (χ0) is 8.97. The third-order valence-corrected chi connectivity index (χ3v) is 2.85. The lowest BCUT2D eigenvalue weighted by molar-refractivity contribution is 0.463. The van der Waals surface area contributed by atoms with Crippen LogP contribution in [0.1, 0.15) is 46.5 Å². The van der Waals surface area contributed by atoms with Gasteiger partial charge in [-0.3, -0.25) is 0 Å². The molecule has 2 unspecified atom stereocenters. The fourth-order valence-corrected chi connectivity index (χ4v) is 1.97. The van der Waals surface area contributed by atoms with Crippen LogP contribution in [-0.4, -0.2) is 12.6 Å². The Hall–Kier alpha value is -0.0400. The van der Waals surface area contributed by atoms with Crippen LogP contribution in [-0.2, 0) is 0 Å². The van der Waals surface area contributed by atoms with Gasteiger partial charge in [-0.15, -0.1) is 0 Å². The van der Waals surface area contributed by atoms with Crippen LogP contribution in [0.25, 0.3) is 0 Å². The van der Waals surface area contributed by atoms with E-state index < -0.39 is 0 Å². The van der Waals surface area contributed by atoms with Gasteiger partial charge >= 0.3 is 0 Å². The highest BCUT2D eigenvalue weighted by atomic mass is 14.9. The normalized spacial score (nSPS) is 30.0. The predicted octanol–water partition coefficient (Wildman–Crippen LogP) is 2.81. The average Bonchev–Trinajstić information content (AvgIpc) is 2.35. The van der Waals surface area contributed by atoms with E-state index in [0.717, 1.165) is 17.9 Å². The summed E-state index contributed by atoms with van der Waals surface area (Å²) in [4.78, 5) is 0. The van der Waals surface area contributed by atoms with E-state index in [-0.39, 0.29) is 0 Å². The van der Waals surface area contributed by atoms with Gasteiger partial charge < -0.3 is 5.32 Å². The maximum absolute atomic E-state index is 3.64. The lowest BCUT2D eigenvalue weighted by Crippen LogP contribution is -2.28. The Kier molecular flexibility index (Phi) is 4.07. The Morgan fingerprint density at radius 3 is 2.58 bits per heavy atom.